The number of nitrogens with zero attached hydrogens (tertiary/aromatic N) is 1. The van der Waals surface area contributed by atoms with Crippen molar-refractivity contribution in [2.45, 2.75) is 38.5 Å². The average molecular weight is 272 g/mol. The molecule has 2 nitrogen and oxygen atoms in total. The zero-order valence-electron chi connectivity index (χ0n) is 11.6. The zero-order valence-corrected chi connectivity index (χ0v) is 12.4. The summed E-state index contributed by atoms with van der Waals surface area (Å²) in [4.78, 5) is 5.86. The fourth-order valence-corrected chi connectivity index (χ4v) is 4.37. The second-order valence-corrected chi connectivity index (χ2v) is 6.32. The summed E-state index contributed by atoms with van der Waals surface area (Å²) in [5, 5.41) is 4.75. The van der Waals surface area contributed by atoms with Crippen molar-refractivity contribution >= 4 is 16.3 Å². The second-order valence-electron chi connectivity index (χ2n) is 5.21. The van der Waals surface area contributed by atoms with Gasteiger partial charge in [-0.05, 0) is 48.4 Å². The van der Waals surface area contributed by atoms with Gasteiger partial charge in [0.15, 0.2) is 0 Å². The molecule has 1 aliphatic carbocycles. The topological polar surface area (TPSA) is 24.9 Å². The lowest BCUT2D eigenvalue weighted by Gasteiger charge is -2.18. The van der Waals surface area contributed by atoms with Crippen molar-refractivity contribution in [3.05, 3.63) is 46.1 Å². The summed E-state index contributed by atoms with van der Waals surface area (Å²) in [5.41, 5.74) is 4.43. The summed E-state index contributed by atoms with van der Waals surface area (Å²) in [6.45, 7) is 2.30. The maximum absolute atomic E-state index is 4.27. The van der Waals surface area contributed by atoms with Crippen LogP contribution in [0, 0.1) is 0 Å². The Balaban J connectivity index is 2.06. The Labute approximate surface area is 118 Å². The van der Waals surface area contributed by atoms with Crippen molar-refractivity contribution in [2.75, 3.05) is 12.4 Å². The lowest BCUT2D eigenvalue weighted by Crippen LogP contribution is -2.06. The molecule has 0 aromatic carbocycles. The van der Waals surface area contributed by atoms with E-state index in [1.165, 1.54) is 41.8 Å². The normalized spacial score (nSPS) is 15.9. The predicted octanol–water partition coefficient (Wildman–Crippen LogP) is 4.22. The quantitative estimate of drug-likeness (QED) is 0.905. The van der Waals surface area contributed by atoms with Crippen molar-refractivity contribution in [3.63, 3.8) is 0 Å². The highest BCUT2D eigenvalue weighted by Gasteiger charge is 2.24. The lowest BCUT2D eigenvalue weighted by atomic mass is 9.87. The Hall–Kier alpha value is -1.35. The molecule has 0 amide bonds. The minimum absolute atomic E-state index is 0.425. The van der Waals surface area contributed by atoms with E-state index in [1.54, 1.807) is 10.4 Å². The molecule has 1 aliphatic rings. The highest BCUT2D eigenvalue weighted by atomic mass is 32.1. The van der Waals surface area contributed by atoms with Gasteiger partial charge in [-0.1, -0.05) is 13.0 Å². The van der Waals surface area contributed by atoms with Crippen LogP contribution in [0.3, 0.4) is 0 Å². The van der Waals surface area contributed by atoms with Crippen LogP contribution in [-0.4, -0.2) is 12.0 Å². The minimum atomic E-state index is 0.425. The Morgan fingerprint density at radius 3 is 2.89 bits per heavy atom. The molecular weight excluding hydrogens is 252 g/mol. The molecule has 1 unspecified atom stereocenters. The SMILES string of the molecule is CNc1sc2c(c1C(C)c1cccnc1)CCCC2. The number of hydrogen-bond donors (Lipinski definition) is 1. The van der Waals surface area contributed by atoms with Gasteiger partial charge in [0, 0.05) is 30.2 Å². The summed E-state index contributed by atoms with van der Waals surface area (Å²) in [6, 6.07) is 4.22. The molecular formula is C16H20N2S. The summed E-state index contributed by atoms with van der Waals surface area (Å²) >= 11 is 1.95. The van der Waals surface area contributed by atoms with Gasteiger partial charge in [-0.3, -0.25) is 4.98 Å². The molecule has 0 saturated carbocycles. The Morgan fingerprint density at radius 2 is 2.16 bits per heavy atom. The molecule has 0 spiro atoms. The molecule has 0 fully saturated rings. The van der Waals surface area contributed by atoms with Crippen LogP contribution >= 0.6 is 11.3 Å². The first-order chi connectivity index (χ1) is 9.31. The standard InChI is InChI=1S/C16H20N2S/c1-11(12-6-5-9-18-10-12)15-13-7-3-4-8-14(13)19-16(15)17-2/h5-6,9-11,17H,3-4,7-8H2,1-2H3. The number of nitrogens with one attached hydrogen (secondary N) is 1. The van der Waals surface area contributed by atoms with Gasteiger partial charge in [0.2, 0.25) is 0 Å². The summed E-state index contributed by atoms with van der Waals surface area (Å²) in [5.74, 6) is 0.425. The number of hydrogen-bond acceptors (Lipinski definition) is 3. The minimum Gasteiger partial charge on any atom is -0.380 e. The fourth-order valence-electron chi connectivity index (χ4n) is 3.03. The summed E-state index contributed by atoms with van der Waals surface area (Å²) in [6.07, 6.45) is 9.02. The van der Waals surface area contributed by atoms with E-state index in [-0.39, 0.29) is 0 Å². The molecule has 0 saturated heterocycles. The van der Waals surface area contributed by atoms with Crippen LogP contribution in [0.2, 0.25) is 0 Å². The first-order valence-electron chi connectivity index (χ1n) is 7.03. The maximum atomic E-state index is 4.27. The van der Waals surface area contributed by atoms with Gasteiger partial charge >= 0.3 is 0 Å². The van der Waals surface area contributed by atoms with Crippen LogP contribution in [0.4, 0.5) is 5.00 Å². The maximum Gasteiger partial charge on any atom is 0.0924 e. The molecule has 2 aromatic rings. The largest absolute Gasteiger partial charge is 0.380 e. The monoisotopic (exact) mass is 272 g/mol. The van der Waals surface area contributed by atoms with Gasteiger partial charge in [-0.15, -0.1) is 11.3 Å². The number of aromatic nitrogens is 1. The van der Waals surface area contributed by atoms with Crippen LogP contribution < -0.4 is 5.32 Å². The van der Waals surface area contributed by atoms with Crippen molar-refractivity contribution in [1.29, 1.82) is 0 Å². The third kappa shape index (κ3) is 2.27. The Bertz CT molecular complexity index is 560. The van der Waals surface area contributed by atoms with Crippen LogP contribution in [0.25, 0.3) is 0 Å². The van der Waals surface area contributed by atoms with E-state index in [1.807, 2.05) is 36.8 Å². The smallest absolute Gasteiger partial charge is 0.0924 e. The molecule has 2 aromatic heterocycles. The summed E-state index contributed by atoms with van der Waals surface area (Å²) in [7, 11) is 2.04. The van der Waals surface area contributed by atoms with Gasteiger partial charge in [0.05, 0.1) is 5.00 Å². The van der Waals surface area contributed by atoms with Crippen molar-refractivity contribution in [2.24, 2.45) is 0 Å². The van der Waals surface area contributed by atoms with E-state index in [2.05, 4.69) is 23.3 Å². The molecule has 0 radical (unpaired) electrons. The molecule has 1 N–H and O–H groups in total. The van der Waals surface area contributed by atoms with Gasteiger partial charge in [0.25, 0.3) is 0 Å². The molecule has 2 heterocycles. The van der Waals surface area contributed by atoms with Gasteiger partial charge in [-0.25, -0.2) is 0 Å². The number of anilines is 1. The van der Waals surface area contributed by atoms with Gasteiger partial charge < -0.3 is 5.32 Å². The molecule has 0 aliphatic heterocycles. The highest BCUT2D eigenvalue weighted by molar-refractivity contribution is 7.16. The highest BCUT2D eigenvalue weighted by Crippen LogP contribution is 2.43. The van der Waals surface area contributed by atoms with E-state index >= 15 is 0 Å². The average Bonchev–Trinajstić information content (AvgIpc) is 2.86. The Morgan fingerprint density at radius 1 is 1.32 bits per heavy atom. The number of thiophene rings is 1. The lowest BCUT2D eigenvalue weighted by molar-refractivity contribution is 0.687. The molecule has 1 atom stereocenters. The summed E-state index contributed by atoms with van der Waals surface area (Å²) < 4.78 is 0. The fraction of sp³-hybridized carbons (Fsp3) is 0.438. The molecule has 3 heteroatoms. The van der Waals surface area contributed by atoms with Crippen LogP contribution in [0.1, 0.15) is 47.3 Å². The zero-order chi connectivity index (χ0) is 13.2. The third-order valence-electron chi connectivity index (χ3n) is 4.06. The van der Waals surface area contributed by atoms with Crippen molar-refractivity contribution in [3.8, 4) is 0 Å². The van der Waals surface area contributed by atoms with E-state index in [0.717, 1.165) is 0 Å². The molecule has 3 rings (SSSR count). The first-order valence-corrected chi connectivity index (χ1v) is 7.85. The second kappa shape index (κ2) is 5.33. The van der Waals surface area contributed by atoms with E-state index in [4.69, 9.17) is 0 Å². The van der Waals surface area contributed by atoms with Crippen molar-refractivity contribution < 1.29 is 0 Å². The van der Waals surface area contributed by atoms with Gasteiger partial charge in [-0.2, -0.15) is 0 Å². The molecule has 0 bridgehead atoms. The number of pyridine rings is 1. The third-order valence-corrected chi connectivity index (χ3v) is 5.38. The van der Waals surface area contributed by atoms with Crippen LogP contribution in [0.5, 0.6) is 0 Å². The van der Waals surface area contributed by atoms with Crippen LogP contribution in [-0.2, 0) is 12.8 Å². The van der Waals surface area contributed by atoms with E-state index < -0.39 is 0 Å². The first kappa shape index (κ1) is 12.7. The van der Waals surface area contributed by atoms with E-state index in [0.29, 0.717) is 5.92 Å². The van der Waals surface area contributed by atoms with Crippen molar-refractivity contribution in [1.82, 2.24) is 4.98 Å². The number of rotatable bonds is 3. The predicted molar refractivity (Wildman–Crippen MR) is 82.3 cm³/mol. The number of fused-ring (bicyclic) bond motifs is 1. The Kier molecular flexibility index (Phi) is 3.56. The van der Waals surface area contributed by atoms with E-state index in [9.17, 15) is 0 Å². The van der Waals surface area contributed by atoms with Gasteiger partial charge in [0.1, 0.15) is 0 Å². The van der Waals surface area contributed by atoms with Crippen LogP contribution in [0.15, 0.2) is 24.5 Å². The number of aryl methyl sites for hydroxylation is 1. The molecule has 100 valence electrons. The molecule has 19 heavy (non-hydrogen) atoms.